The molecule has 1 aromatic heterocycles. The molecule has 3 N–H and O–H groups in total. The number of nitrogens with one attached hydrogen (secondary N) is 1. The number of nitrogens with two attached hydrogens (primary N) is 1. The summed E-state index contributed by atoms with van der Waals surface area (Å²) in [6.07, 6.45) is 0.335. The van der Waals surface area contributed by atoms with Gasteiger partial charge in [0.2, 0.25) is 5.91 Å². The summed E-state index contributed by atoms with van der Waals surface area (Å²) in [4.78, 5) is 13.7. The number of carbonyl (C=O) groups excluding carboxylic acids is 1. The Bertz CT molecular complexity index is 389. The van der Waals surface area contributed by atoms with Crippen molar-refractivity contribution in [2.24, 2.45) is 11.1 Å². The van der Waals surface area contributed by atoms with Crippen LogP contribution in [0.2, 0.25) is 0 Å². The van der Waals surface area contributed by atoms with Crippen LogP contribution < -0.4 is 5.73 Å². The van der Waals surface area contributed by atoms with Crippen LogP contribution in [0.5, 0.6) is 0 Å². The second-order valence-corrected chi connectivity index (χ2v) is 5.34. The quantitative estimate of drug-likeness (QED) is 0.845. The number of rotatable bonds is 5. The van der Waals surface area contributed by atoms with Gasteiger partial charge in [-0.2, -0.15) is 5.10 Å². The van der Waals surface area contributed by atoms with Crippen molar-refractivity contribution in [1.29, 1.82) is 0 Å². The molecule has 0 unspecified atom stereocenters. The smallest absolute Gasteiger partial charge is 0.228 e. The number of H-pyrrole nitrogens is 1. The predicted molar refractivity (Wildman–Crippen MR) is 74.7 cm³/mol. The van der Waals surface area contributed by atoms with Crippen LogP contribution in [0.3, 0.4) is 0 Å². The number of aromatic amines is 1. The summed E-state index contributed by atoms with van der Waals surface area (Å²) in [5.41, 5.74) is 7.36. The van der Waals surface area contributed by atoms with Gasteiger partial charge >= 0.3 is 0 Å². The van der Waals surface area contributed by atoms with Crippen molar-refractivity contribution in [1.82, 2.24) is 15.1 Å². The first-order valence-corrected chi connectivity index (χ1v) is 5.79. The van der Waals surface area contributed by atoms with Gasteiger partial charge in [-0.1, -0.05) is 13.8 Å². The van der Waals surface area contributed by atoms with Gasteiger partial charge in [0.15, 0.2) is 0 Å². The normalized spacial score (nSPS) is 10.9. The fraction of sp³-hybridized carbons (Fsp3) is 0.667. The highest BCUT2D eigenvalue weighted by molar-refractivity contribution is 5.85. The molecule has 0 bridgehead atoms. The molecule has 104 valence electrons. The summed E-state index contributed by atoms with van der Waals surface area (Å²) >= 11 is 0. The summed E-state index contributed by atoms with van der Waals surface area (Å²) in [5.74, 6) is 0.0676. The standard InChI is InChI=1S/C12H22N4O.ClH/c1-9-5-10(15-14-9)6-11(17)16(4)8-12(2,3)7-13;/h5H,6-8,13H2,1-4H3,(H,14,15);1H. The Morgan fingerprint density at radius 2 is 2.17 bits per heavy atom. The number of carbonyl (C=O) groups is 1. The van der Waals surface area contributed by atoms with Gasteiger partial charge < -0.3 is 10.6 Å². The number of halogens is 1. The third-order valence-corrected chi connectivity index (χ3v) is 2.73. The van der Waals surface area contributed by atoms with Crippen LogP contribution in [0.25, 0.3) is 0 Å². The molecule has 1 aromatic rings. The van der Waals surface area contributed by atoms with Crippen LogP contribution in [0.15, 0.2) is 6.07 Å². The second-order valence-electron chi connectivity index (χ2n) is 5.34. The maximum Gasteiger partial charge on any atom is 0.228 e. The topological polar surface area (TPSA) is 75.0 Å². The molecular formula is C12H23ClN4O. The molecule has 0 aliphatic heterocycles. The van der Waals surface area contributed by atoms with E-state index in [1.54, 1.807) is 11.9 Å². The lowest BCUT2D eigenvalue weighted by Crippen LogP contribution is -2.40. The Morgan fingerprint density at radius 3 is 2.61 bits per heavy atom. The van der Waals surface area contributed by atoms with Crippen molar-refractivity contribution in [3.63, 3.8) is 0 Å². The van der Waals surface area contributed by atoms with Crippen molar-refractivity contribution < 1.29 is 4.79 Å². The number of amides is 1. The minimum absolute atomic E-state index is 0. The third-order valence-electron chi connectivity index (χ3n) is 2.73. The number of hydrogen-bond donors (Lipinski definition) is 2. The Morgan fingerprint density at radius 1 is 1.56 bits per heavy atom. The lowest BCUT2D eigenvalue weighted by molar-refractivity contribution is -0.130. The molecule has 6 heteroatoms. The Hall–Kier alpha value is -1.07. The van der Waals surface area contributed by atoms with Crippen molar-refractivity contribution in [3.8, 4) is 0 Å². The van der Waals surface area contributed by atoms with Gasteiger partial charge in [0.05, 0.1) is 12.1 Å². The molecule has 0 saturated carbocycles. The molecule has 0 atom stereocenters. The molecule has 1 rings (SSSR count). The molecule has 0 spiro atoms. The average Bonchev–Trinajstić information content (AvgIpc) is 2.63. The third kappa shape index (κ3) is 5.06. The van der Waals surface area contributed by atoms with E-state index in [0.29, 0.717) is 19.5 Å². The Balaban J connectivity index is 0.00000289. The van der Waals surface area contributed by atoms with E-state index < -0.39 is 0 Å². The summed E-state index contributed by atoms with van der Waals surface area (Å²) in [6, 6.07) is 1.89. The lowest BCUT2D eigenvalue weighted by atomic mass is 9.93. The monoisotopic (exact) mass is 274 g/mol. The van der Waals surface area contributed by atoms with E-state index in [1.165, 1.54) is 0 Å². The summed E-state index contributed by atoms with van der Waals surface area (Å²) < 4.78 is 0. The molecule has 1 amide bonds. The largest absolute Gasteiger partial charge is 0.345 e. The summed E-state index contributed by atoms with van der Waals surface area (Å²) in [6.45, 7) is 7.24. The number of nitrogens with zero attached hydrogens (tertiary/aromatic N) is 2. The molecule has 0 aliphatic carbocycles. The first-order chi connectivity index (χ1) is 7.84. The molecule has 0 aromatic carbocycles. The van der Waals surface area contributed by atoms with E-state index in [0.717, 1.165) is 11.4 Å². The Kier molecular flexibility index (Phi) is 6.35. The van der Waals surface area contributed by atoms with Gasteiger partial charge in [0.25, 0.3) is 0 Å². The van der Waals surface area contributed by atoms with Crippen LogP contribution in [0.1, 0.15) is 25.2 Å². The molecule has 1 heterocycles. The summed E-state index contributed by atoms with van der Waals surface area (Å²) in [7, 11) is 1.80. The molecular weight excluding hydrogens is 252 g/mol. The predicted octanol–water partition coefficient (Wildman–Crippen LogP) is 1.13. The number of aromatic nitrogens is 2. The van der Waals surface area contributed by atoms with Crippen LogP contribution in [-0.4, -0.2) is 41.1 Å². The van der Waals surface area contributed by atoms with Crippen molar-refractivity contribution in [3.05, 3.63) is 17.5 Å². The maximum absolute atomic E-state index is 11.9. The minimum Gasteiger partial charge on any atom is -0.345 e. The fourth-order valence-electron chi connectivity index (χ4n) is 1.65. The van der Waals surface area contributed by atoms with Crippen molar-refractivity contribution >= 4 is 18.3 Å². The van der Waals surface area contributed by atoms with Gasteiger partial charge in [-0.25, -0.2) is 0 Å². The fourth-order valence-corrected chi connectivity index (χ4v) is 1.65. The zero-order chi connectivity index (χ0) is 13.1. The van der Waals surface area contributed by atoms with Crippen LogP contribution in [0.4, 0.5) is 0 Å². The zero-order valence-electron chi connectivity index (χ0n) is 11.5. The average molecular weight is 275 g/mol. The second kappa shape index (κ2) is 6.75. The van der Waals surface area contributed by atoms with E-state index in [9.17, 15) is 4.79 Å². The van der Waals surface area contributed by atoms with E-state index in [4.69, 9.17) is 5.73 Å². The van der Waals surface area contributed by atoms with Crippen LogP contribution in [0, 0.1) is 12.3 Å². The Labute approximate surface area is 115 Å². The van der Waals surface area contributed by atoms with Crippen molar-refractivity contribution in [2.75, 3.05) is 20.1 Å². The first kappa shape index (κ1) is 16.9. The summed E-state index contributed by atoms with van der Waals surface area (Å²) in [5, 5.41) is 6.89. The highest BCUT2D eigenvalue weighted by Gasteiger charge is 2.21. The van der Waals surface area contributed by atoms with Crippen LogP contribution >= 0.6 is 12.4 Å². The molecule has 18 heavy (non-hydrogen) atoms. The van der Waals surface area contributed by atoms with Gasteiger partial charge in [-0.15, -0.1) is 12.4 Å². The van der Waals surface area contributed by atoms with Gasteiger partial charge in [-0.05, 0) is 24.9 Å². The first-order valence-electron chi connectivity index (χ1n) is 5.79. The maximum atomic E-state index is 11.9. The van der Waals surface area contributed by atoms with Gasteiger partial charge in [0, 0.05) is 19.3 Å². The molecule has 0 saturated heterocycles. The molecule has 0 aliphatic rings. The van der Waals surface area contributed by atoms with Crippen molar-refractivity contribution in [2.45, 2.75) is 27.2 Å². The minimum atomic E-state index is -0.0497. The van der Waals surface area contributed by atoms with Gasteiger partial charge in [0.1, 0.15) is 0 Å². The molecule has 5 nitrogen and oxygen atoms in total. The highest BCUT2D eigenvalue weighted by atomic mass is 35.5. The van der Waals surface area contributed by atoms with E-state index in [2.05, 4.69) is 24.0 Å². The number of likely N-dealkylation sites (N-methyl/N-ethyl adjacent to an activating group) is 1. The lowest BCUT2D eigenvalue weighted by Gasteiger charge is -2.28. The SMILES string of the molecule is Cc1cc(CC(=O)N(C)CC(C)(C)CN)n[nH]1.Cl. The van der Waals surface area contributed by atoms with E-state index >= 15 is 0 Å². The van der Waals surface area contributed by atoms with E-state index in [-0.39, 0.29) is 23.7 Å². The van der Waals surface area contributed by atoms with E-state index in [1.807, 2.05) is 13.0 Å². The number of hydrogen-bond acceptors (Lipinski definition) is 3. The number of aryl methyl sites for hydroxylation is 1. The highest BCUT2D eigenvalue weighted by Crippen LogP contribution is 2.14. The zero-order valence-corrected chi connectivity index (χ0v) is 12.3. The van der Waals surface area contributed by atoms with Gasteiger partial charge in [-0.3, -0.25) is 9.89 Å². The molecule has 0 radical (unpaired) electrons. The van der Waals surface area contributed by atoms with Crippen LogP contribution in [-0.2, 0) is 11.2 Å². The molecule has 0 fully saturated rings.